The summed E-state index contributed by atoms with van der Waals surface area (Å²) in [5.74, 6) is 0.213. The molecule has 0 aromatic heterocycles. The lowest BCUT2D eigenvalue weighted by Gasteiger charge is -2.08. The summed E-state index contributed by atoms with van der Waals surface area (Å²) in [5, 5.41) is 8.78. The summed E-state index contributed by atoms with van der Waals surface area (Å²) in [6.45, 7) is 3.35. The number of ether oxygens (including phenoxy) is 1. The lowest BCUT2D eigenvalue weighted by atomic mass is 10.2. The third kappa shape index (κ3) is 4.22. The van der Waals surface area contributed by atoms with Crippen LogP contribution in [0, 0.1) is 5.92 Å². The fourth-order valence-corrected chi connectivity index (χ4v) is 1.28. The number of hydrogen-bond donors (Lipinski definition) is 1. The summed E-state index contributed by atoms with van der Waals surface area (Å²) >= 11 is 3.37. The molecule has 1 N–H and O–H groups in total. The maximum absolute atomic E-state index is 8.78. The molecule has 0 amide bonds. The van der Waals surface area contributed by atoms with Crippen LogP contribution < -0.4 is 0 Å². The molecule has 0 heterocycles. The van der Waals surface area contributed by atoms with Gasteiger partial charge in [-0.05, 0) is 17.7 Å². The van der Waals surface area contributed by atoms with E-state index in [1.165, 1.54) is 0 Å². The van der Waals surface area contributed by atoms with Gasteiger partial charge in [0.05, 0.1) is 13.2 Å². The van der Waals surface area contributed by atoms with E-state index >= 15 is 0 Å². The van der Waals surface area contributed by atoms with Gasteiger partial charge in [0, 0.05) is 17.0 Å². The molecule has 0 saturated carbocycles. The van der Waals surface area contributed by atoms with Gasteiger partial charge in [-0.3, -0.25) is 0 Å². The molecule has 78 valence electrons. The summed E-state index contributed by atoms with van der Waals surface area (Å²) in [6.07, 6.45) is 0. The summed E-state index contributed by atoms with van der Waals surface area (Å²) in [7, 11) is 0. The van der Waals surface area contributed by atoms with Gasteiger partial charge in [0.15, 0.2) is 0 Å². The molecule has 1 atom stereocenters. The van der Waals surface area contributed by atoms with E-state index in [2.05, 4.69) is 15.9 Å². The molecule has 1 rings (SSSR count). The zero-order valence-electron chi connectivity index (χ0n) is 8.24. The Hall–Kier alpha value is -0.380. The fourth-order valence-electron chi connectivity index (χ4n) is 1.01. The maximum atomic E-state index is 8.78. The monoisotopic (exact) mass is 258 g/mol. The molecule has 2 nitrogen and oxygen atoms in total. The van der Waals surface area contributed by atoms with Crippen LogP contribution in [0.25, 0.3) is 0 Å². The highest BCUT2D eigenvalue weighted by Gasteiger charge is 1.99. The van der Waals surface area contributed by atoms with Crippen molar-refractivity contribution in [3.63, 3.8) is 0 Å². The first-order valence-corrected chi connectivity index (χ1v) is 5.44. The predicted octanol–water partition coefficient (Wildman–Crippen LogP) is 2.59. The molecule has 0 radical (unpaired) electrons. The van der Waals surface area contributed by atoms with E-state index in [0.717, 1.165) is 10.0 Å². The van der Waals surface area contributed by atoms with Crippen molar-refractivity contribution in [2.24, 2.45) is 5.92 Å². The molecule has 3 heteroatoms. The Bertz CT molecular complexity index is 258. The van der Waals surface area contributed by atoms with Crippen LogP contribution in [0.3, 0.4) is 0 Å². The molecule has 0 aliphatic heterocycles. The van der Waals surface area contributed by atoms with Crippen molar-refractivity contribution in [2.75, 3.05) is 13.2 Å². The lowest BCUT2D eigenvalue weighted by molar-refractivity contribution is 0.0696. The van der Waals surface area contributed by atoms with Crippen molar-refractivity contribution in [2.45, 2.75) is 13.5 Å². The maximum Gasteiger partial charge on any atom is 0.0717 e. The van der Waals surface area contributed by atoms with E-state index in [0.29, 0.717) is 13.2 Å². The van der Waals surface area contributed by atoms with Crippen LogP contribution in [0.15, 0.2) is 28.7 Å². The Morgan fingerprint density at radius 3 is 2.57 bits per heavy atom. The Balaban J connectivity index is 2.28. The van der Waals surface area contributed by atoms with Crippen molar-refractivity contribution in [3.8, 4) is 0 Å². The minimum Gasteiger partial charge on any atom is -0.396 e. The Labute approximate surface area is 93.0 Å². The molecule has 0 saturated heterocycles. The van der Waals surface area contributed by atoms with Crippen LogP contribution in [-0.2, 0) is 11.3 Å². The number of rotatable bonds is 5. The van der Waals surface area contributed by atoms with E-state index in [4.69, 9.17) is 9.84 Å². The first kappa shape index (κ1) is 11.7. The second kappa shape index (κ2) is 6.17. The molecule has 14 heavy (non-hydrogen) atoms. The van der Waals surface area contributed by atoms with Crippen molar-refractivity contribution in [3.05, 3.63) is 34.3 Å². The Kier molecular flexibility index (Phi) is 5.15. The van der Waals surface area contributed by atoms with Gasteiger partial charge in [0.2, 0.25) is 0 Å². The van der Waals surface area contributed by atoms with Gasteiger partial charge in [0.1, 0.15) is 0 Å². The standard InChI is InChI=1S/C11H15BrO2/c1-9(6-13)7-14-8-10-2-4-11(12)5-3-10/h2-5,9,13H,6-8H2,1H3. The number of hydrogen-bond acceptors (Lipinski definition) is 2. The van der Waals surface area contributed by atoms with E-state index in [1.807, 2.05) is 31.2 Å². The summed E-state index contributed by atoms with van der Waals surface area (Å²) < 4.78 is 6.51. The molecule has 0 aliphatic rings. The molecule has 0 aliphatic carbocycles. The molecule has 0 spiro atoms. The van der Waals surface area contributed by atoms with Gasteiger partial charge in [-0.1, -0.05) is 35.0 Å². The number of halogens is 1. The zero-order chi connectivity index (χ0) is 10.4. The van der Waals surface area contributed by atoms with Crippen LogP contribution >= 0.6 is 15.9 Å². The quantitative estimate of drug-likeness (QED) is 0.880. The zero-order valence-corrected chi connectivity index (χ0v) is 9.83. The first-order valence-electron chi connectivity index (χ1n) is 4.65. The van der Waals surface area contributed by atoms with Gasteiger partial charge in [-0.25, -0.2) is 0 Å². The fraction of sp³-hybridized carbons (Fsp3) is 0.455. The van der Waals surface area contributed by atoms with Gasteiger partial charge in [-0.2, -0.15) is 0 Å². The normalized spacial score (nSPS) is 12.8. The molecule has 1 unspecified atom stereocenters. The first-order chi connectivity index (χ1) is 6.72. The molecule has 0 fully saturated rings. The number of aliphatic hydroxyl groups is 1. The summed E-state index contributed by atoms with van der Waals surface area (Å²) in [6, 6.07) is 8.03. The highest BCUT2D eigenvalue weighted by Crippen LogP contribution is 2.11. The SMILES string of the molecule is CC(CO)COCc1ccc(Br)cc1. The largest absolute Gasteiger partial charge is 0.396 e. The van der Waals surface area contributed by atoms with Gasteiger partial charge >= 0.3 is 0 Å². The van der Waals surface area contributed by atoms with Crippen molar-refractivity contribution in [1.82, 2.24) is 0 Å². The van der Waals surface area contributed by atoms with Crippen LogP contribution in [-0.4, -0.2) is 18.3 Å². The molecule has 0 bridgehead atoms. The van der Waals surface area contributed by atoms with Crippen molar-refractivity contribution >= 4 is 15.9 Å². The van der Waals surface area contributed by atoms with Gasteiger partial charge in [-0.15, -0.1) is 0 Å². The highest BCUT2D eigenvalue weighted by molar-refractivity contribution is 9.10. The van der Waals surface area contributed by atoms with Gasteiger partial charge < -0.3 is 9.84 Å². The van der Waals surface area contributed by atoms with Crippen molar-refractivity contribution < 1.29 is 9.84 Å². The third-order valence-corrected chi connectivity index (χ3v) is 2.42. The Morgan fingerprint density at radius 1 is 1.36 bits per heavy atom. The number of benzene rings is 1. The summed E-state index contributed by atoms with van der Waals surface area (Å²) in [5.41, 5.74) is 1.15. The van der Waals surface area contributed by atoms with Crippen LogP contribution in [0.4, 0.5) is 0 Å². The molecular formula is C11H15BrO2. The van der Waals surface area contributed by atoms with Crippen molar-refractivity contribution in [1.29, 1.82) is 0 Å². The van der Waals surface area contributed by atoms with Crippen LogP contribution in [0.5, 0.6) is 0 Å². The lowest BCUT2D eigenvalue weighted by Crippen LogP contribution is -2.09. The number of aliphatic hydroxyl groups excluding tert-OH is 1. The predicted molar refractivity (Wildman–Crippen MR) is 60.0 cm³/mol. The minimum atomic E-state index is 0.181. The topological polar surface area (TPSA) is 29.5 Å². The second-order valence-corrected chi connectivity index (χ2v) is 4.35. The van der Waals surface area contributed by atoms with Gasteiger partial charge in [0.25, 0.3) is 0 Å². The average molecular weight is 259 g/mol. The molecule has 1 aromatic carbocycles. The van der Waals surface area contributed by atoms with Crippen LogP contribution in [0.1, 0.15) is 12.5 Å². The highest BCUT2D eigenvalue weighted by atomic mass is 79.9. The minimum absolute atomic E-state index is 0.181. The Morgan fingerprint density at radius 2 is 2.00 bits per heavy atom. The van der Waals surface area contributed by atoms with E-state index in [1.54, 1.807) is 0 Å². The molecule has 1 aromatic rings. The van der Waals surface area contributed by atoms with Crippen LogP contribution in [0.2, 0.25) is 0 Å². The third-order valence-electron chi connectivity index (χ3n) is 1.90. The average Bonchev–Trinajstić information content (AvgIpc) is 2.21. The molecular weight excluding hydrogens is 244 g/mol. The second-order valence-electron chi connectivity index (χ2n) is 3.43. The summed E-state index contributed by atoms with van der Waals surface area (Å²) in [4.78, 5) is 0. The van der Waals surface area contributed by atoms with E-state index in [-0.39, 0.29) is 12.5 Å². The van der Waals surface area contributed by atoms with E-state index < -0.39 is 0 Å². The smallest absolute Gasteiger partial charge is 0.0717 e. The van der Waals surface area contributed by atoms with E-state index in [9.17, 15) is 0 Å².